The van der Waals surface area contributed by atoms with Gasteiger partial charge in [-0.1, -0.05) is 12.1 Å². The zero-order chi connectivity index (χ0) is 12.1. The maximum Gasteiger partial charge on any atom is 0.166 e. The summed E-state index contributed by atoms with van der Waals surface area (Å²) in [5.74, 6) is 0.107. The van der Waals surface area contributed by atoms with Crippen LogP contribution in [0.1, 0.15) is 18.1 Å². The number of aliphatic hydroxyl groups is 1. The number of methoxy groups -OCH3 is 1. The Morgan fingerprint density at radius 2 is 2.19 bits per heavy atom. The number of aliphatic hydroxyl groups excluding tert-OH is 1. The number of phenolic OH excluding ortho intramolecular Hbond substituents is 1. The number of phenols is 1. The molecule has 86 valence electrons. The molecule has 16 heavy (non-hydrogen) atoms. The van der Waals surface area contributed by atoms with Gasteiger partial charge in [0.05, 0.1) is 13.7 Å². The number of ether oxygens (including phenoxy) is 1. The molecule has 4 nitrogen and oxygen atoms in total. The van der Waals surface area contributed by atoms with Crippen LogP contribution in [0.15, 0.2) is 18.2 Å². The Morgan fingerprint density at radius 3 is 2.69 bits per heavy atom. The van der Waals surface area contributed by atoms with Gasteiger partial charge in [0.15, 0.2) is 17.3 Å². The van der Waals surface area contributed by atoms with Crippen LogP contribution in [0.3, 0.4) is 0 Å². The van der Waals surface area contributed by atoms with Crippen molar-refractivity contribution in [2.24, 2.45) is 0 Å². The van der Waals surface area contributed by atoms with Crippen molar-refractivity contribution >= 4 is 11.9 Å². The van der Waals surface area contributed by atoms with Gasteiger partial charge in [-0.25, -0.2) is 0 Å². The third-order valence-electron chi connectivity index (χ3n) is 2.14. The minimum Gasteiger partial charge on any atom is -0.504 e. The van der Waals surface area contributed by atoms with Crippen molar-refractivity contribution in [1.82, 2.24) is 0 Å². The van der Waals surface area contributed by atoms with Crippen LogP contribution in [0.5, 0.6) is 11.5 Å². The maximum absolute atomic E-state index is 10.8. The van der Waals surface area contributed by atoms with Gasteiger partial charge in [-0.3, -0.25) is 4.79 Å². The fourth-order valence-electron chi connectivity index (χ4n) is 1.38. The van der Waals surface area contributed by atoms with Crippen molar-refractivity contribution < 1.29 is 19.7 Å². The molecule has 0 spiro atoms. The second-order valence-corrected chi connectivity index (χ2v) is 3.29. The van der Waals surface area contributed by atoms with Gasteiger partial charge >= 0.3 is 0 Å². The van der Waals surface area contributed by atoms with E-state index in [0.717, 1.165) is 0 Å². The lowest BCUT2D eigenvalue weighted by atomic mass is 10.1. The van der Waals surface area contributed by atoms with Gasteiger partial charge in [-0.2, -0.15) is 0 Å². The molecule has 0 fully saturated rings. The van der Waals surface area contributed by atoms with Crippen LogP contribution in [0.2, 0.25) is 0 Å². The number of rotatable bonds is 4. The third kappa shape index (κ3) is 2.61. The summed E-state index contributed by atoms with van der Waals surface area (Å²) < 4.78 is 4.99. The largest absolute Gasteiger partial charge is 0.504 e. The van der Waals surface area contributed by atoms with Crippen LogP contribution >= 0.6 is 0 Å². The number of hydrogen-bond donors (Lipinski definition) is 2. The van der Waals surface area contributed by atoms with E-state index in [0.29, 0.717) is 11.1 Å². The Labute approximate surface area is 93.8 Å². The summed E-state index contributed by atoms with van der Waals surface area (Å²) in [6.07, 6.45) is 2.97. The molecule has 0 aromatic heterocycles. The number of carbonyl (C=O) groups is 1. The van der Waals surface area contributed by atoms with E-state index in [1.807, 2.05) is 0 Å². The summed E-state index contributed by atoms with van der Waals surface area (Å²) in [6, 6.07) is 3.07. The topological polar surface area (TPSA) is 66.8 Å². The van der Waals surface area contributed by atoms with E-state index in [4.69, 9.17) is 4.74 Å². The lowest BCUT2D eigenvalue weighted by molar-refractivity contribution is -0.112. The van der Waals surface area contributed by atoms with Gasteiger partial charge in [0.2, 0.25) is 0 Å². The van der Waals surface area contributed by atoms with Crippen molar-refractivity contribution in [1.29, 1.82) is 0 Å². The molecule has 0 bridgehead atoms. The van der Waals surface area contributed by atoms with E-state index < -0.39 is 0 Å². The van der Waals surface area contributed by atoms with E-state index in [-0.39, 0.29) is 23.9 Å². The Balaban J connectivity index is 3.24. The fourth-order valence-corrected chi connectivity index (χ4v) is 1.38. The van der Waals surface area contributed by atoms with Gasteiger partial charge < -0.3 is 14.9 Å². The molecule has 0 amide bonds. The van der Waals surface area contributed by atoms with Crippen LogP contribution in [0.25, 0.3) is 6.08 Å². The SMILES string of the molecule is COc1c(O)ccc(/C=C/C(C)=O)c1CO. The third-order valence-corrected chi connectivity index (χ3v) is 2.14. The summed E-state index contributed by atoms with van der Waals surface area (Å²) >= 11 is 0. The average molecular weight is 222 g/mol. The van der Waals surface area contributed by atoms with Gasteiger partial charge in [-0.15, -0.1) is 0 Å². The smallest absolute Gasteiger partial charge is 0.166 e. The van der Waals surface area contributed by atoms with E-state index in [9.17, 15) is 15.0 Å². The van der Waals surface area contributed by atoms with E-state index in [1.165, 1.54) is 26.2 Å². The highest BCUT2D eigenvalue weighted by molar-refractivity contribution is 5.91. The maximum atomic E-state index is 10.8. The summed E-state index contributed by atoms with van der Waals surface area (Å²) in [6.45, 7) is 1.17. The number of carbonyl (C=O) groups excluding carboxylic acids is 1. The standard InChI is InChI=1S/C12H14O4/c1-8(14)3-4-9-5-6-11(15)12(16-2)10(9)7-13/h3-6,13,15H,7H2,1-2H3/b4-3+. The van der Waals surface area contributed by atoms with E-state index >= 15 is 0 Å². The van der Waals surface area contributed by atoms with Gasteiger partial charge in [0.1, 0.15) is 0 Å². The van der Waals surface area contributed by atoms with Gasteiger partial charge in [-0.05, 0) is 24.6 Å². The Morgan fingerprint density at radius 1 is 1.50 bits per heavy atom. The van der Waals surface area contributed by atoms with Crippen LogP contribution in [-0.4, -0.2) is 23.1 Å². The molecule has 1 aromatic rings. The average Bonchev–Trinajstić information content (AvgIpc) is 2.26. The molecule has 2 N–H and O–H groups in total. The van der Waals surface area contributed by atoms with Crippen molar-refractivity contribution in [3.63, 3.8) is 0 Å². The predicted octanol–water partition coefficient (Wildman–Crippen LogP) is 1.50. The van der Waals surface area contributed by atoms with Crippen molar-refractivity contribution in [3.05, 3.63) is 29.3 Å². The molecule has 0 saturated heterocycles. The molecule has 0 aliphatic heterocycles. The fraction of sp³-hybridized carbons (Fsp3) is 0.250. The summed E-state index contributed by atoms with van der Waals surface area (Å²) in [5.41, 5.74) is 1.10. The molecule has 0 aliphatic rings. The summed E-state index contributed by atoms with van der Waals surface area (Å²) in [7, 11) is 1.41. The lowest BCUT2D eigenvalue weighted by Gasteiger charge is -2.11. The van der Waals surface area contributed by atoms with Gasteiger partial charge in [0, 0.05) is 5.56 Å². The number of benzene rings is 1. The van der Waals surface area contributed by atoms with Crippen LogP contribution < -0.4 is 4.74 Å². The Hall–Kier alpha value is -1.81. The molecular formula is C12H14O4. The second kappa shape index (κ2) is 5.32. The first-order valence-corrected chi connectivity index (χ1v) is 4.78. The minimum atomic E-state index is -0.269. The Kier molecular flexibility index (Phi) is 4.08. The Bertz CT molecular complexity index is 421. The molecule has 0 unspecified atom stereocenters. The summed E-state index contributed by atoms with van der Waals surface area (Å²) in [5, 5.41) is 18.7. The van der Waals surface area contributed by atoms with E-state index in [2.05, 4.69) is 0 Å². The van der Waals surface area contributed by atoms with E-state index in [1.54, 1.807) is 12.1 Å². The molecule has 0 heterocycles. The second-order valence-electron chi connectivity index (χ2n) is 3.29. The molecule has 1 rings (SSSR count). The first kappa shape index (κ1) is 12.3. The highest BCUT2D eigenvalue weighted by Gasteiger charge is 2.11. The first-order valence-electron chi connectivity index (χ1n) is 4.78. The monoisotopic (exact) mass is 222 g/mol. The molecule has 0 saturated carbocycles. The molecule has 0 aliphatic carbocycles. The number of ketones is 1. The zero-order valence-electron chi connectivity index (χ0n) is 9.23. The predicted molar refractivity (Wildman–Crippen MR) is 60.3 cm³/mol. The number of allylic oxidation sites excluding steroid dienone is 1. The van der Waals surface area contributed by atoms with Crippen LogP contribution in [0.4, 0.5) is 0 Å². The summed E-state index contributed by atoms with van der Waals surface area (Å²) in [4.78, 5) is 10.8. The molecule has 0 atom stereocenters. The first-order chi connectivity index (χ1) is 7.60. The molecule has 4 heteroatoms. The lowest BCUT2D eigenvalue weighted by Crippen LogP contribution is -1.96. The minimum absolute atomic E-state index is 0.0356. The molecule has 1 aromatic carbocycles. The van der Waals surface area contributed by atoms with Crippen molar-refractivity contribution in [2.45, 2.75) is 13.5 Å². The molecular weight excluding hydrogens is 208 g/mol. The highest BCUT2D eigenvalue weighted by atomic mass is 16.5. The number of aromatic hydroxyl groups is 1. The number of hydrogen-bond acceptors (Lipinski definition) is 4. The van der Waals surface area contributed by atoms with Crippen molar-refractivity contribution in [2.75, 3.05) is 7.11 Å². The zero-order valence-corrected chi connectivity index (χ0v) is 9.23. The highest BCUT2D eigenvalue weighted by Crippen LogP contribution is 2.33. The molecule has 0 radical (unpaired) electrons. The van der Waals surface area contributed by atoms with Crippen LogP contribution in [0, 0.1) is 0 Å². The quantitative estimate of drug-likeness (QED) is 0.757. The van der Waals surface area contributed by atoms with Crippen molar-refractivity contribution in [3.8, 4) is 11.5 Å². The normalized spacial score (nSPS) is 10.7. The van der Waals surface area contributed by atoms with Crippen LogP contribution in [-0.2, 0) is 11.4 Å². The van der Waals surface area contributed by atoms with Gasteiger partial charge in [0.25, 0.3) is 0 Å².